The van der Waals surface area contributed by atoms with E-state index in [2.05, 4.69) is 5.32 Å². The van der Waals surface area contributed by atoms with Crippen LogP contribution in [-0.4, -0.2) is 17.6 Å². The molecule has 0 saturated carbocycles. The molecular weight excluding hydrogens is 271 g/mol. The summed E-state index contributed by atoms with van der Waals surface area (Å²) < 4.78 is 37.2. The summed E-state index contributed by atoms with van der Waals surface area (Å²) in [6, 6.07) is 4.22. The van der Waals surface area contributed by atoms with Crippen LogP contribution >= 0.6 is 0 Å². The summed E-state index contributed by atoms with van der Waals surface area (Å²) in [5.41, 5.74) is -1.03. The minimum atomic E-state index is -4.40. The Labute approximate surface area is 115 Å². The first-order chi connectivity index (χ1) is 9.01. The topological polar surface area (TPSA) is 49.3 Å². The molecule has 0 aliphatic rings. The lowest BCUT2D eigenvalue weighted by atomic mass is 9.95. The quantitative estimate of drug-likeness (QED) is 0.899. The number of halogens is 3. The molecule has 1 atom stereocenters. The van der Waals surface area contributed by atoms with Crippen molar-refractivity contribution in [2.45, 2.75) is 33.1 Å². The molecule has 0 radical (unpaired) electrons. The van der Waals surface area contributed by atoms with Crippen molar-refractivity contribution in [3.8, 4) is 0 Å². The lowest BCUT2D eigenvalue weighted by Crippen LogP contribution is -2.37. The summed E-state index contributed by atoms with van der Waals surface area (Å²) in [6.45, 7) is 5.15. The van der Waals surface area contributed by atoms with Gasteiger partial charge >= 0.3 is 6.18 Å². The Kier molecular flexibility index (Phi) is 4.81. The summed E-state index contributed by atoms with van der Waals surface area (Å²) in [4.78, 5) is 11.6. The van der Waals surface area contributed by atoms with E-state index >= 15 is 0 Å². The number of aliphatic hydroxyl groups is 1. The van der Waals surface area contributed by atoms with Crippen LogP contribution in [-0.2, 0) is 11.0 Å². The molecule has 0 aromatic heterocycles. The van der Waals surface area contributed by atoms with E-state index in [0.29, 0.717) is 5.56 Å². The monoisotopic (exact) mass is 289 g/mol. The highest BCUT2D eigenvalue weighted by atomic mass is 19.4. The molecule has 1 rings (SSSR count). The SMILES string of the molecule is CC(C)(C)C(=O)NC[C@H](O)c1ccc(C(F)(F)F)cc1. The van der Waals surface area contributed by atoms with Gasteiger partial charge in [-0.3, -0.25) is 4.79 Å². The highest BCUT2D eigenvalue weighted by Gasteiger charge is 2.30. The van der Waals surface area contributed by atoms with Crippen molar-refractivity contribution in [1.82, 2.24) is 5.32 Å². The van der Waals surface area contributed by atoms with E-state index in [1.807, 2.05) is 0 Å². The van der Waals surface area contributed by atoms with E-state index in [1.165, 1.54) is 12.1 Å². The molecule has 1 aromatic carbocycles. The van der Waals surface area contributed by atoms with Crippen LogP contribution in [0.5, 0.6) is 0 Å². The van der Waals surface area contributed by atoms with Crippen LogP contribution in [0.1, 0.15) is 38.0 Å². The number of hydrogen-bond donors (Lipinski definition) is 2. The molecule has 20 heavy (non-hydrogen) atoms. The predicted octanol–water partition coefficient (Wildman–Crippen LogP) is 2.90. The van der Waals surface area contributed by atoms with Crippen LogP contribution < -0.4 is 5.32 Å². The summed E-state index contributed by atoms with van der Waals surface area (Å²) in [5, 5.41) is 12.4. The van der Waals surface area contributed by atoms with Gasteiger partial charge < -0.3 is 10.4 Å². The Hall–Kier alpha value is -1.56. The molecule has 6 heteroatoms. The molecule has 1 amide bonds. The molecular formula is C14H18F3NO2. The summed E-state index contributed by atoms with van der Waals surface area (Å²) in [7, 11) is 0. The molecule has 0 fully saturated rings. The lowest BCUT2D eigenvalue weighted by Gasteiger charge is -2.20. The van der Waals surface area contributed by atoms with Crippen molar-refractivity contribution >= 4 is 5.91 Å². The van der Waals surface area contributed by atoms with Gasteiger partial charge in [0.15, 0.2) is 0 Å². The standard InChI is InChI=1S/C14H18F3NO2/c1-13(2,3)12(20)18-8-11(19)9-4-6-10(7-5-9)14(15,16)17/h4-7,11,19H,8H2,1-3H3,(H,18,20)/t11-/m0/s1. The number of amides is 1. The van der Waals surface area contributed by atoms with Gasteiger partial charge in [0, 0.05) is 12.0 Å². The Morgan fingerprint density at radius 2 is 1.70 bits per heavy atom. The second kappa shape index (κ2) is 5.83. The number of hydrogen-bond acceptors (Lipinski definition) is 2. The first kappa shape index (κ1) is 16.5. The summed E-state index contributed by atoms with van der Waals surface area (Å²) >= 11 is 0. The highest BCUT2D eigenvalue weighted by Crippen LogP contribution is 2.29. The van der Waals surface area contributed by atoms with Crippen molar-refractivity contribution < 1.29 is 23.1 Å². The number of benzene rings is 1. The predicted molar refractivity (Wildman–Crippen MR) is 68.9 cm³/mol. The first-order valence-corrected chi connectivity index (χ1v) is 6.15. The van der Waals surface area contributed by atoms with Crippen molar-refractivity contribution in [3.63, 3.8) is 0 Å². The zero-order chi connectivity index (χ0) is 15.6. The Bertz CT molecular complexity index is 461. The molecule has 0 aliphatic carbocycles. The van der Waals surface area contributed by atoms with Gasteiger partial charge in [-0.25, -0.2) is 0 Å². The second-order valence-electron chi connectivity index (χ2n) is 5.60. The fraction of sp³-hybridized carbons (Fsp3) is 0.500. The fourth-order valence-corrected chi connectivity index (χ4v) is 1.47. The molecule has 112 valence electrons. The van der Waals surface area contributed by atoms with Crippen LogP contribution in [0.4, 0.5) is 13.2 Å². The normalized spacial score (nSPS) is 13.9. The third kappa shape index (κ3) is 4.52. The van der Waals surface area contributed by atoms with Gasteiger partial charge in [-0.05, 0) is 17.7 Å². The third-order valence-electron chi connectivity index (χ3n) is 2.76. The van der Waals surface area contributed by atoms with Crippen LogP contribution in [0, 0.1) is 5.41 Å². The maximum Gasteiger partial charge on any atom is 0.416 e. The van der Waals surface area contributed by atoms with Gasteiger partial charge in [0.1, 0.15) is 0 Å². The first-order valence-electron chi connectivity index (χ1n) is 6.15. The number of nitrogens with one attached hydrogen (secondary N) is 1. The molecule has 0 unspecified atom stereocenters. The smallest absolute Gasteiger partial charge is 0.387 e. The highest BCUT2D eigenvalue weighted by molar-refractivity contribution is 5.81. The van der Waals surface area contributed by atoms with Gasteiger partial charge in [0.25, 0.3) is 0 Å². The Balaban J connectivity index is 2.65. The molecule has 0 aliphatic heterocycles. The molecule has 3 nitrogen and oxygen atoms in total. The molecule has 2 N–H and O–H groups in total. The van der Waals surface area contributed by atoms with Gasteiger partial charge in [-0.15, -0.1) is 0 Å². The third-order valence-corrected chi connectivity index (χ3v) is 2.76. The van der Waals surface area contributed by atoms with Crippen LogP contribution in [0.3, 0.4) is 0 Å². The van der Waals surface area contributed by atoms with Crippen molar-refractivity contribution in [1.29, 1.82) is 0 Å². The van der Waals surface area contributed by atoms with Crippen molar-refractivity contribution in [2.75, 3.05) is 6.54 Å². The van der Waals surface area contributed by atoms with Gasteiger partial charge in [0.2, 0.25) is 5.91 Å². The summed E-state index contributed by atoms with van der Waals surface area (Å²) in [5.74, 6) is -0.233. The zero-order valence-electron chi connectivity index (χ0n) is 11.6. The maximum atomic E-state index is 12.4. The molecule has 0 saturated heterocycles. The largest absolute Gasteiger partial charge is 0.416 e. The number of rotatable bonds is 3. The minimum absolute atomic E-state index is 0.0402. The maximum absolute atomic E-state index is 12.4. The Morgan fingerprint density at radius 3 is 2.10 bits per heavy atom. The van der Waals surface area contributed by atoms with Crippen molar-refractivity contribution in [2.24, 2.45) is 5.41 Å². The van der Waals surface area contributed by atoms with Gasteiger partial charge in [-0.2, -0.15) is 13.2 Å². The average Bonchev–Trinajstić information content (AvgIpc) is 2.33. The van der Waals surface area contributed by atoms with Gasteiger partial charge in [0.05, 0.1) is 11.7 Å². The van der Waals surface area contributed by atoms with Crippen molar-refractivity contribution in [3.05, 3.63) is 35.4 Å². The summed E-state index contributed by atoms with van der Waals surface area (Å²) in [6.07, 6.45) is -5.44. The van der Waals surface area contributed by atoms with Crippen LogP contribution in [0.2, 0.25) is 0 Å². The molecule has 0 bridgehead atoms. The van der Waals surface area contributed by atoms with E-state index in [0.717, 1.165) is 12.1 Å². The minimum Gasteiger partial charge on any atom is -0.387 e. The van der Waals surface area contributed by atoms with E-state index < -0.39 is 23.3 Å². The zero-order valence-corrected chi connectivity index (χ0v) is 11.6. The van der Waals surface area contributed by atoms with E-state index in [9.17, 15) is 23.1 Å². The van der Waals surface area contributed by atoms with E-state index in [-0.39, 0.29) is 12.5 Å². The molecule has 0 heterocycles. The van der Waals surface area contributed by atoms with Crippen LogP contribution in [0.15, 0.2) is 24.3 Å². The van der Waals surface area contributed by atoms with Crippen LogP contribution in [0.25, 0.3) is 0 Å². The number of carbonyl (C=O) groups is 1. The van der Waals surface area contributed by atoms with E-state index in [4.69, 9.17) is 0 Å². The molecule has 0 spiro atoms. The van der Waals surface area contributed by atoms with E-state index in [1.54, 1.807) is 20.8 Å². The Morgan fingerprint density at radius 1 is 1.20 bits per heavy atom. The second-order valence-corrected chi connectivity index (χ2v) is 5.60. The number of alkyl halides is 3. The molecule has 1 aromatic rings. The fourth-order valence-electron chi connectivity index (χ4n) is 1.47. The van der Waals surface area contributed by atoms with Gasteiger partial charge in [-0.1, -0.05) is 32.9 Å². The average molecular weight is 289 g/mol. The number of carbonyl (C=O) groups excluding carboxylic acids is 1. The number of aliphatic hydroxyl groups excluding tert-OH is 1. The lowest BCUT2D eigenvalue weighted by molar-refractivity contribution is -0.137.